The lowest BCUT2D eigenvalue weighted by atomic mass is 9.64. The van der Waals surface area contributed by atoms with Crippen LogP contribution in [0.2, 0.25) is 18.1 Å². The summed E-state index contributed by atoms with van der Waals surface area (Å²) >= 11 is 0. The van der Waals surface area contributed by atoms with Crippen molar-refractivity contribution in [1.29, 1.82) is 0 Å². The average molecular weight is 633 g/mol. The Labute approximate surface area is 264 Å². The molecule has 238 valence electrons. The molecule has 10 nitrogen and oxygen atoms in total. The molecule has 0 N–H and O–H groups in total. The highest BCUT2D eigenvalue weighted by atomic mass is 28.4. The van der Waals surface area contributed by atoms with Gasteiger partial charge in [0.1, 0.15) is 24.9 Å². The Hall–Kier alpha value is -4.06. The summed E-state index contributed by atoms with van der Waals surface area (Å²) < 4.78 is 30.1. The molecule has 11 heteroatoms. The fourth-order valence-electron chi connectivity index (χ4n) is 5.61. The molecule has 45 heavy (non-hydrogen) atoms. The number of aromatic nitrogens is 1. The number of ketones is 2. The number of fused-ring (bicyclic) bond motifs is 2. The molecule has 0 fully saturated rings. The average Bonchev–Trinajstić information content (AvgIpc) is 3.41. The SMILES string of the molecule is CN(C)[C@@H]1c2onc(OCc3ccccc3)c2C(=O)[C@@]2(O[Si](C)(C)C(C)(C)C)C(=O)C=CC(OC(=O)OCc3ccccc3)[C@@H]12. The van der Waals surface area contributed by atoms with E-state index in [0.717, 1.165) is 11.1 Å². The van der Waals surface area contributed by atoms with Crippen LogP contribution in [0.3, 0.4) is 0 Å². The molecule has 2 aliphatic rings. The number of rotatable bonds is 9. The number of Topliss-reactive ketones (excluding diaryl/α,β-unsaturated/α-hetero) is 1. The first-order valence-electron chi connectivity index (χ1n) is 14.9. The molecule has 3 aromatic rings. The summed E-state index contributed by atoms with van der Waals surface area (Å²) in [4.78, 5) is 43.9. The summed E-state index contributed by atoms with van der Waals surface area (Å²) in [6.07, 6.45) is 0.748. The van der Waals surface area contributed by atoms with E-state index in [-0.39, 0.29) is 35.5 Å². The van der Waals surface area contributed by atoms with Crippen LogP contribution in [0, 0.1) is 5.92 Å². The van der Waals surface area contributed by atoms with E-state index >= 15 is 0 Å². The second-order valence-corrected chi connectivity index (χ2v) is 17.9. The van der Waals surface area contributed by atoms with E-state index in [1.165, 1.54) is 12.2 Å². The van der Waals surface area contributed by atoms with Crippen LogP contribution in [0.1, 0.15) is 54.1 Å². The zero-order valence-corrected chi connectivity index (χ0v) is 27.7. The minimum Gasteiger partial charge on any atom is -0.470 e. The predicted molar refractivity (Wildman–Crippen MR) is 168 cm³/mol. The van der Waals surface area contributed by atoms with Gasteiger partial charge in [0.05, 0.1) is 12.0 Å². The van der Waals surface area contributed by atoms with Crippen molar-refractivity contribution >= 4 is 26.0 Å². The van der Waals surface area contributed by atoms with Crippen molar-refractivity contribution < 1.29 is 37.5 Å². The van der Waals surface area contributed by atoms with E-state index in [1.807, 2.05) is 99.4 Å². The summed E-state index contributed by atoms with van der Waals surface area (Å²) in [5, 5.41) is 3.78. The fraction of sp³-hybridized carbons (Fsp3) is 0.412. The normalized spacial score (nSPS) is 23.0. The van der Waals surface area contributed by atoms with Crippen LogP contribution in [0.5, 0.6) is 5.88 Å². The Morgan fingerprint density at radius 3 is 2.16 bits per heavy atom. The van der Waals surface area contributed by atoms with Gasteiger partial charge in [-0.05, 0) is 60.7 Å². The number of hydrogen-bond donors (Lipinski definition) is 0. The molecule has 5 rings (SSSR count). The number of benzene rings is 2. The van der Waals surface area contributed by atoms with Gasteiger partial charge in [-0.25, -0.2) is 4.79 Å². The van der Waals surface area contributed by atoms with Crippen LogP contribution < -0.4 is 4.74 Å². The van der Waals surface area contributed by atoms with Crippen molar-refractivity contribution in [3.63, 3.8) is 0 Å². The van der Waals surface area contributed by atoms with Gasteiger partial charge in [-0.15, -0.1) is 0 Å². The van der Waals surface area contributed by atoms with Crippen molar-refractivity contribution in [2.75, 3.05) is 14.1 Å². The fourth-order valence-corrected chi connectivity index (χ4v) is 7.05. The standard InChI is InChI=1S/C34H40N2O8Si/c1-33(2,3)45(6,7)44-34-25(37)19-18-24(42-32(39)41-21-23-16-12-9-13-17-23)27(34)28(36(4)5)29-26(30(34)38)31(35-43-29)40-20-22-14-10-8-11-15-22/h8-19,24,27-28H,20-21H2,1-7H3/t24?,27-,28-,34+/m0/s1. The summed E-state index contributed by atoms with van der Waals surface area (Å²) in [5.74, 6) is -1.99. The lowest BCUT2D eigenvalue weighted by Crippen LogP contribution is -2.68. The van der Waals surface area contributed by atoms with Gasteiger partial charge in [-0.3, -0.25) is 14.5 Å². The van der Waals surface area contributed by atoms with Gasteiger partial charge >= 0.3 is 6.16 Å². The van der Waals surface area contributed by atoms with E-state index < -0.39 is 49.7 Å². The van der Waals surface area contributed by atoms with Gasteiger partial charge in [0.2, 0.25) is 5.78 Å². The molecule has 2 aliphatic carbocycles. The van der Waals surface area contributed by atoms with Gasteiger partial charge in [-0.2, -0.15) is 0 Å². The van der Waals surface area contributed by atoms with Crippen LogP contribution in [0.15, 0.2) is 77.3 Å². The molecule has 0 saturated carbocycles. The highest BCUT2D eigenvalue weighted by molar-refractivity contribution is 6.74. The highest BCUT2D eigenvalue weighted by Gasteiger charge is 2.68. The Bertz CT molecular complexity index is 1580. The molecule has 0 spiro atoms. The maximum absolute atomic E-state index is 14.9. The van der Waals surface area contributed by atoms with Crippen molar-refractivity contribution in [2.45, 2.75) is 69.9 Å². The van der Waals surface area contributed by atoms with Gasteiger partial charge in [0, 0.05) is 0 Å². The van der Waals surface area contributed by atoms with E-state index in [4.69, 9.17) is 23.2 Å². The van der Waals surface area contributed by atoms with E-state index in [0.29, 0.717) is 0 Å². The van der Waals surface area contributed by atoms with Gasteiger partial charge < -0.3 is 23.2 Å². The smallest absolute Gasteiger partial charge is 0.470 e. The molecule has 0 bridgehead atoms. The molecule has 1 aromatic heterocycles. The Morgan fingerprint density at radius 1 is 0.978 bits per heavy atom. The molecular formula is C34H40N2O8Si. The Morgan fingerprint density at radius 2 is 1.58 bits per heavy atom. The van der Waals surface area contributed by atoms with Crippen LogP contribution >= 0.6 is 0 Å². The monoisotopic (exact) mass is 632 g/mol. The van der Waals surface area contributed by atoms with Gasteiger partial charge in [-0.1, -0.05) is 81.4 Å². The van der Waals surface area contributed by atoms with Crippen molar-refractivity contribution in [2.24, 2.45) is 5.92 Å². The maximum atomic E-state index is 14.9. The van der Waals surface area contributed by atoms with Gasteiger partial charge in [0.25, 0.3) is 5.88 Å². The zero-order valence-electron chi connectivity index (χ0n) is 26.7. The molecular weight excluding hydrogens is 592 g/mol. The second kappa shape index (κ2) is 12.4. The van der Waals surface area contributed by atoms with E-state index in [2.05, 4.69) is 5.16 Å². The molecule has 1 heterocycles. The van der Waals surface area contributed by atoms with Crippen molar-refractivity contribution in [3.05, 3.63) is 95.3 Å². The maximum Gasteiger partial charge on any atom is 0.509 e. The largest absolute Gasteiger partial charge is 0.509 e. The van der Waals surface area contributed by atoms with Crippen LogP contribution in [-0.4, -0.2) is 61.9 Å². The number of hydrogen-bond acceptors (Lipinski definition) is 10. The number of carbonyl (C=O) groups is 3. The minimum atomic E-state index is -2.83. The molecule has 4 atom stereocenters. The summed E-state index contributed by atoms with van der Waals surface area (Å²) in [6, 6.07) is 17.9. The van der Waals surface area contributed by atoms with Crippen LogP contribution in [0.25, 0.3) is 0 Å². The molecule has 2 aromatic carbocycles. The topological polar surface area (TPSA) is 117 Å². The van der Waals surface area contributed by atoms with Crippen LogP contribution in [0.4, 0.5) is 4.79 Å². The van der Waals surface area contributed by atoms with Crippen LogP contribution in [-0.2, 0) is 31.9 Å². The second-order valence-electron chi connectivity index (χ2n) is 13.2. The first kappa shape index (κ1) is 32.3. The zero-order chi connectivity index (χ0) is 32.6. The first-order valence-corrected chi connectivity index (χ1v) is 17.8. The van der Waals surface area contributed by atoms with Crippen molar-refractivity contribution in [1.82, 2.24) is 10.1 Å². The third-order valence-corrected chi connectivity index (χ3v) is 13.4. The third kappa shape index (κ3) is 6.12. The minimum absolute atomic E-state index is 0.00424. The van der Waals surface area contributed by atoms with E-state index in [9.17, 15) is 14.4 Å². The predicted octanol–water partition coefficient (Wildman–Crippen LogP) is 6.29. The Balaban J connectivity index is 1.58. The molecule has 0 saturated heterocycles. The molecule has 0 amide bonds. The third-order valence-electron chi connectivity index (χ3n) is 8.92. The van der Waals surface area contributed by atoms with E-state index in [1.54, 1.807) is 14.1 Å². The number of nitrogens with zero attached hydrogens (tertiary/aromatic N) is 2. The lowest BCUT2D eigenvalue weighted by Gasteiger charge is -2.53. The highest BCUT2D eigenvalue weighted by Crippen LogP contribution is 2.54. The summed E-state index contributed by atoms with van der Waals surface area (Å²) in [7, 11) is 0.754. The first-order chi connectivity index (χ1) is 21.3. The molecule has 1 unspecified atom stereocenters. The number of ether oxygens (including phenoxy) is 3. The lowest BCUT2D eigenvalue weighted by molar-refractivity contribution is -0.142. The molecule has 0 aliphatic heterocycles. The summed E-state index contributed by atoms with van der Waals surface area (Å²) in [6.45, 7) is 10.2. The summed E-state index contributed by atoms with van der Waals surface area (Å²) in [5.41, 5.74) is -0.340. The molecule has 0 radical (unpaired) electrons. The number of carbonyl (C=O) groups excluding carboxylic acids is 3. The Kier molecular flexibility index (Phi) is 8.89. The van der Waals surface area contributed by atoms with Gasteiger partial charge in [0.15, 0.2) is 25.5 Å². The van der Waals surface area contributed by atoms with Crippen molar-refractivity contribution in [3.8, 4) is 5.88 Å². The quantitative estimate of drug-likeness (QED) is 0.151.